The van der Waals surface area contributed by atoms with Crippen LogP contribution >= 0.6 is 0 Å². The standard InChI is InChI=1S/C16H16O2/c1-11(17)18-10-16-14-8-4-2-6-12(14)13-7-3-5-9-15(13)16/h2-6,8-9,13,16H,7,10H2,1H3. The van der Waals surface area contributed by atoms with Gasteiger partial charge in [-0.2, -0.15) is 0 Å². The molecule has 0 radical (unpaired) electrons. The summed E-state index contributed by atoms with van der Waals surface area (Å²) in [5.41, 5.74) is 4.10. The summed E-state index contributed by atoms with van der Waals surface area (Å²) in [6, 6.07) is 8.50. The smallest absolute Gasteiger partial charge is 0.302 e. The van der Waals surface area contributed by atoms with Gasteiger partial charge in [0.2, 0.25) is 0 Å². The van der Waals surface area contributed by atoms with E-state index >= 15 is 0 Å². The number of carbonyl (C=O) groups excluding carboxylic acids is 1. The van der Waals surface area contributed by atoms with Crippen LogP contribution in [0.3, 0.4) is 0 Å². The largest absolute Gasteiger partial charge is 0.465 e. The Morgan fingerprint density at radius 1 is 1.33 bits per heavy atom. The van der Waals surface area contributed by atoms with Crippen LogP contribution in [-0.4, -0.2) is 12.6 Å². The Morgan fingerprint density at radius 2 is 2.11 bits per heavy atom. The van der Waals surface area contributed by atoms with Gasteiger partial charge in [-0.05, 0) is 17.5 Å². The lowest BCUT2D eigenvalue weighted by Crippen LogP contribution is -2.11. The molecule has 0 bridgehead atoms. The third kappa shape index (κ3) is 1.78. The summed E-state index contributed by atoms with van der Waals surface area (Å²) in [6.45, 7) is 1.93. The van der Waals surface area contributed by atoms with Crippen molar-refractivity contribution in [2.45, 2.75) is 25.2 Å². The van der Waals surface area contributed by atoms with Crippen LogP contribution in [0, 0.1) is 0 Å². The molecule has 0 saturated heterocycles. The highest BCUT2D eigenvalue weighted by Crippen LogP contribution is 2.49. The van der Waals surface area contributed by atoms with E-state index in [0.717, 1.165) is 6.42 Å². The molecule has 0 N–H and O–H groups in total. The fourth-order valence-corrected chi connectivity index (χ4v) is 3.02. The zero-order valence-corrected chi connectivity index (χ0v) is 10.4. The van der Waals surface area contributed by atoms with Crippen molar-refractivity contribution in [2.75, 3.05) is 6.61 Å². The summed E-state index contributed by atoms with van der Waals surface area (Å²) in [6.07, 6.45) is 7.55. The fraction of sp³-hybridized carbons (Fsp3) is 0.312. The van der Waals surface area contributed by atoms with Gasteiger partial charge < -0.3 is 4.74 Å². The Balaban J connectivity index is 1.97. The maximum Gasteiger partial charge on any atom is 0.302 e. The molecule has 0 saturated carbocycles. The maximum atomic E-state index is 11.0. The Labute approximate surface area is 107 Å². The molecule has 0 heterocycles. The third-order valence-corrected chi connectivity index (χ3v) is 3.80. The van der Waals surface area contributed by atoms with E-state index in [9.17, 15) is 4.79 Å². The lowest BCUT2D eigenvalue weighted by atomic mass is 9.88. The Kier molecular flexibility index (Phi) is 2.78. The highest BCUT2D eigenvalue weighted by Gasteiger charge is 2.35. The number of hydrogen-bond donors (Lipinski definition) is 0. The summed E-state index contributed by atoms with van der Waals surface area (Å²) < 4.78 is 5.23. The SMILES string of the molecule is CC(=O)OCC1C2=CC=CCC2c2ccccc21. The van der Waals surface area contributed by atoms with Crippen molar-refractivity contribution in [1.82, 2.24) is 0 Å². The van der Waals surface area contributed by atoms with Crippen molar-refractivity contribution < 1.29 is 9.53 Å². The second kappa shape index (κ2) is 4.45. The number of rotatable bonds is 2. The predicted molar refractivity (Wildman–Crippen MR) is 70.4 cm³/mol. The highest BCUT2D eigenvalue weighted by atomic mass is 16.5. The first-order valence-corrected chi connectivity index (χ1v) is 6.36. The second-order valence-electron chi connectivity index (χ2n) is 4.87. The van der Waals surface area contributed by atoms with Gasteiger partial charge in [0.05, 0.1) is 0 Å². The van der Waals surface area contributed by atoms with Gasteiger partial charge in [0, 0.05) is 18.8 Å². The first-order valence-electron chi connectivity index (χ1n) is 6.36. The Hall–Kier alpha value is -1.83. The summed E-state index contributed by atoms with van der Waals surface area (Å²) in [5, 5.41) is 0. The monoisotopic (exact) mass is 240 g/mol. The van der Waals surface area contributed by atoms with Gasteiger partial charge in [0.25, 0.3) is 0 Å². The van der Waals surface area contributed by atoms with E-state index in [1.54, 1.807) is 0 Å². The van der Waals surface area contributed by atoms with E-state index in [2.05, 4.69) is 42.5 Å². The van der Waals surface area contributed by atoms with Crippen LogP contribution in [0.2, 0.25) is 0 Å². The predicted octanol–water partition coefficient (Wildman–Crippen LogP) is 3.32. The molecule has 2 aliphatic carbocycles. The Bertz CT molecular complexity index is 540. The first kappa shape index (κ1) is 11.3. The zero-order chi connectivity index (χ0) is 12.5. The molecule has 1 aromatic rings. The molecule has 3 rings (SSSR count). The number of carbonyl (C=O) groups is 1. The van der Waals surface area contributed by atoms with E-state index in [1.165, 1.54) is 23.6 Å². The molecule has 0 aromatic heterocycles. The maximum absolute atomic E-state index is 11.0. The molecule has 1 aromatic carbocycles. The molecule has 2 atom stereocenters. The van der Waals surface area contributed by atoms with E-state index < -0.39 is 0 Å². The van der Waals surface area contributed by atoms with Crippen LogP contribution in [0.5, 0.6) is 0 Å². The fourth-order valence-electron chi connectivity index (χ4n) is 3.02. The minimum Gasteiger partial charge on any atom is -0.465 e. The zero-order valence-electron chi connectivity index (χ0n) is 10.4. The van der Waals surface area contributed by atoms with Crippen molar-refractivity contribution in [2.24, 2.45) is 0 Å². The molecular weight excluding hydrogens is 224 g/mol. The minimum atomic E-state index is -0.206. The van der Waals surface area contributed by atoms with Gasteiger partial charge in [-0.1, -0.05) is 48.1 Å². The molecule has 0 aliphatic heterocycles. The lowest BCUT2D eigenvalue weighted by Gasteiger charge is -2.18. The van der Waals surface area contributed by atoms with Crippen molar-refractivity contribution in [3.8, 4) is 0 Å². The summed E-state index contributed by atoms with van der Waals surface area (Å²) in [7, 11) is 0. The molecule has 0 fully saturated rings. The molecule has 2 heteroatoms. The molecule has 0 spiro atoms. The summed E-state index contributed by atoms with van der Waals surface area (Å²) >= 11 is 0. The average Bonchev–Trinajstić information content (AvgIpc) is 2.71. The number of hydrogen-bond acceptors (Lipinski definition) is 2. The van der Waals surface area contributed by atoms with Crippen LogP contribution in [0.25, 0.3) is 0 Å². The first-order chi connectivity index (χ1) is 8.77. The number of benzene rings is 1. The van der Waals surface area contributed by atoms with Crippen molar-refractivity contribution >= 4 is 5.97 Å². The van der Waals surface area contributed by atoms with Crippen LogP contribution in [0.15, 0.2) is 48.1 Å². The molecule has 92 valence electrons. The van der Waals surface area contributed by atoms with Gasteiger partial charge in [0.1, 0.15) is 6.61 Å². The average molecular weight is 240 g/mol. The van der Waals surface area contributed by atoms with E-state index in [-0.39, 0.29) is 11.9 Å². The summed E-state index contributed by atoms with van der Waals surface area (Å²) in [4.78, 5) is 11.0. The molecule has 18 heavy (non-hydrogen) atoms. The number of allylic oxidation sites excluding steroid dienone is 3. The normalized spacial score (nSPS) is 24.2. The van der Waals surface area contributed by atoms with Gasteiger partial charge in [0.15, 0.2) is 0 Å². The van der Waals surface area contributed by atoms with Gasteiger partial charge in [-0.25, -0.2) is 0 Å². The van der Waals surface area contributed by atoms with Crippen molar-refractivity contribution in [1.29, 1.82) is 0 Å². The van der Waals surface area contributed by atoms with Crippen LogP contribution in [0.4, 0.5) is 0 Å². The topological polar surface area (TPSA) is 26.3 Å². The molecule has 2 unspecified atom stereocenters. The van der Waals surface area contributed by atoms with Gasteiger partial charge in [-0.3, -0.25) is 4.79 Å². The van der Waals surface area contributed by atoms with Crippen LogP contribution < -0.4 is 0 Å². The quantitative estimate of drug-likeness (QED) is 0.741. The minimum absolute atomic E-state index is 0.206. The van der Waals surface area contributed by atoms with Gasteiger partial charge >= 0.3 is 5.97 Å². The van der Waals surface area contributed by atoms with Crippen molar-refractivity contribution in [3.63, 3.8) is 0 Å². The van der Waals surface area contributed by atoms with Crippen LogP contribution in [-0.2, 0) is 9.53 Å². The Morgan fingerprint density at radius 3 is 2.89 bits per heavy atom. The second-order valence-corrected chi connectivity index (χ2v) is 4.87. The number of fused-ring (bicyclic) bond motifs is 3. The number of ether oxygens (including phenoxy) is 1. The molecule has 0 amide bonds. The van der Waals surface area contributed by atoms with E-state index in [0.29, 0.717) is 12.5 Å². The number of esters is 1. The van der Waals surface area contributed by atoms with Gasteiger partial charge in [-0.15, -0.1) is 0 Å². The van der Waals surface area contributed by atoms with E-state index in [1.807, 2.05) is 0 Å². The molecule has 2 nitrogen and oxygen atoms in total. The van der Waals surface area contributed by atoms with Crippen LogP contribution in [0.1, 0.15) is 36.3 Å². The van der Waals surface area contributed by atoms with E-state index in [4.69, 9.17) is 4.74 Å². The molecule has 2 aliphatic rings. The highest BCUT2D eigenvalue weighted by molar-refractivity contribution is 5.66. The molecular formula is C16H16O2. The lowest BCUT2D eigenvalue weighted by molar-refractivity contribution is -0.141. The third-order valence-electron chi connectivity index (χ3n) is 3.80. The van der Waals surface area contributed by atoms with Crippen molar-refractivity contribution in [3.05, 3.63) is 59.2 Å². The summed E-state index contributed by atoms with van der Waals surface area (Å²) in [5.74, 6) is 0.509.